The number of anilines is 1. The molecule has 6 nitrogen and oxygen atoms in total. The lowest BCUT2D eigenvalue weighted by atomic mass is 10.0. The molecule has 0 spiro atoms. The molecule has 1 unspecified atom stereocenters. The molecule has 2 N–H and O–H groups in total. The Bertz CT molecular complexity index is 550. The standard InChI is InChI=1S/C14H18BrN3O3/c1-10-4-2-3-7-17(10)9-14(19)16-13-6-5-11(18(20)21)8-12(13)15/h5-6,8,10H,2-4,7,9H2,1H3,(H,16,19)/p+1/t10-/m1/s1. The van der Waals surface area contributed by atoms with E-state index in [1.165, 1.54) is 23.5 Å². The Morgan fingerprint density at radius 2 is 2.29 bits per heavy atom. The number of carbonyl (C=O) groups excluding carboxylic acids is 1. The van der Waals surface area contributed by atoms with Crippen molar-refractivity contribution in [3.63, 3.8) is 0 Å². The fraction of sp³-hybridized carbons (Fsp3) is 0.500. The van der Waals surface area contributed by atoms with E-state index in [1.807, 2.05) is 0 Å². The van der Waals surface area contributed by atoms with E-state index in [1.54, 1.807) is 6.07 Å². The zero-order chi connectivity index (χ0) is 15.4. The van der Waals surface area contributed by atoms with Crippen molar-refractivity contribution >= 4 is 33.2 Å². The monoisotopic (exact) mass is 356 g/mol. The molecule has 1 heterocycles. The maximum Gasteiger partial charge on any atom is 0.279 e. The number of rotatable bonds is 4. The van der Waals surface area contributed by atoms with E-state index in [0.29, 0.717) is 22.7 Å². The highest BCUT2D eigenvalue weighted by Gasteiger charge is 2.24. The number of amides is 1. The van der Waals surface area contributed by atoms with Gasteiger partial charge in [-0.25, -0.2) is 0 Å². The summed E-state index contributed by atoms with van der Waals surface area (Å²) in [4.78, 5) is 23.6. The van der Waals surface area contributed by atoms with Crippen LogP contribution in [-0.2, 0) is 4.79 Å². The molecule has 1 aromatic rings. The van der Waals surface area contributed by atoms with Gasteiger partial charge in [0.1, 0.15) is 0 Å². The topological polar surface area (TPSA) is 76.7 Å². The third-order valence-corrected chi connectivity index (χ3v) is 4.56. The zero-order valence-corrected chi connectivity index (χ0v) is 13.5. The number of nitrogens with zero attached hydrogens (tertiary/aromatic N) is 1. The second-order valence-electron chi connectivity index (χ2n) is 5.45. The van der Waals surface area contributed by atoms with Gasteiger partial charge in [-0.15, -0.1) is 0 Å². The van der Waals surface area contributed by atoms with Crippen LogP contribution >= 0.6 is 15.9 Å². The van der Waals surface area contributed by atoms with Crippen LogP contribution in [0.2, 0.25) is 0 Å². The van der Waals surface area contributed by atoms with E-state index in [4.69, 9.17) is 0 Å². The number of halogens is 1. The van der Waals surface area contributed by atoms with E-state index >= 15 is 0 Å². The average molecular weight is 357 g/mol. The Morgan fingerprint density at radius 3 is 2.90 bits per heavy atom. The van der Waals surface area contributed by atoms with Crippen molar-refractivity contribution in [3.05, 3.63) is 32.8 Å². The predicted octanol–water partition coefficient (Wildman–Crippen LogP) is 1.75. The molecule has 0 aromatic heterocycles. The van der Waals surface area contributed by atoms with Crippen LogP contribution in [0.15, 0.2) is 22.7 Å². The van der Waals surface area contributed by atoms with Crippen molar-refractivity contribution in [2.75, 3.05) is 18.4 Å². The Balaban J connectivity index is 1.97. The first-order chi connectivity index (χ1) is 9.97. The molecule has 0 saturated carbocycles. The second kappa shape index (κ2) is 7.00. The molecule has 0 bridgehead atoms. The van der Waals surface area contributed by atoms with Gasteiger partial charge in [-0.05, 0) is 48.2 Å². The van der Waals surface area contributed by atoms with Crippen molar-refractivity contribution in [2.24, 2.45) is 0 Å². The van der Waals surface area contributed by atoms with Gasteiger partial charge in [-0.1, -0.05) is 0 Å². The Morgan fingerprint density at radius 1 is 1.52 bits per heavy atom. The number of quaternary nitrogens is 1. The molecule has 1 aliphatic heterocycles. The second-order valence-corrected chi connectivity index (χ2v) is 6.31. The van der Waals surface area contributed by atoms with Crippen LogP contribution in [0.4, 0.5) is 11.4 Å². The lowest BCUT2D eigenvalue weighted by Crippen LogP contribution is -3.17. The van der Waals surface area contributed by atoms with Crippen LogP contribution in [-0.4, -0.2) is 30.0 Å². The quantitative estimate of drug-likeness (QED) is 0.637. The molecule has 2 atom stereocenters. The number of carbonyl (C=O) groups is 1. The summed E-state index contributed by atoms with van der Waals surface area (Å²) in [6, 6.07) is 4.84. The molecular formula is C14H19BrN3O3+. The summed E-state index contributed by atoms with van der Waals surface area (Å²) < 4.78 is 0.520. The van der Waals surface area contributed by atoms with Crippen LogP contribution in [0.3, 0.4) is 0 Å². The number of piperidine rings is 1. The molecule has 1 fully saturated rings. The molecule has 0 radical (unpaired) electrons. The summed E-state index contributed by atoms with van der Waals surface area (Å²) in [6.45, 7) is 3.63. The van der Waals surface area contributed by atoms with Crippen LogP contribution in [0.25, 0.3) is 0 Å². The van der Waals surface area contributed by atoms with Crippen molar-refractivity contribution < 1.29 is 14.6 Å². The van der Waals surface area contributed by atoms with Crippen LogP contribution in [0, 0.1) is 10.1 Å². The molecule has 1 saturated heterocycles. The van der Waals surface area contributed by atoms with Crippen molar-refractivity contribution in [3.8, 4) is 0 Å². The molecule has 1 aromatic carbocycles. The summed E-state index contributed by atoms with van der Waals surface area (Å²) in [5.74, 6) is -0.0618. The number of hydrogen-bond acceptors (Lipinski definition) is 3. The lowest BCUT2D eigenvalue weighted by Gasteiger charge is -2.29. The fourth-order valence-electron chi connectivity index (χ4n) is 2.64. The number of likely N-dealkylation sites (tertiary alicyclic amines) is 1. The maximum absolute atomic E-state index is 12.1. The van der Waals surface area contributed by atoms with E-state index in [-0.39, 0.29) is 11.6 Å². The predicted molar refractivity (Wildman–Crippen MR) is 83.4 cm³/mol. The number of hydrogen-bond donors (Lipinski definition) is 2. The summed E-state index contributed by atoms with van der Waals surface area (Å²) >= 11 is 3.26. The maximum atomic E-state index is 12.1. The third kappa shape index (κ3) is 4.25. The van der Waals surface area contributed by atoms with Gasteiger partial charge in [0.25, 0.3) is 11.6 Å². The van der Waals surface area contributed by atoms with Crippen molar-refractivity contribution in [2.45, 2.75) is 32.2 Å². The normalized spacial score (nSPS) is 21.8. The summed E-state index contributed by atoms with van der Waals surface area (Å²) in [7, 11) is 0. The minimum Gasteiger partial charge on any atom is -0.325 e. The first kappa shape index (κ1) is 15.9. The van der Waals surface area contributed by atoms with Gasteiger partial charge >= 0.3 is 0 Å². The van der Waals surface area contributed by atoms with Gasteiger partial charge in [0.05, 0.1) is 23.2 Å². The van der Waals surface area contributed by atoms with E-state index in [0.717, 1.165) is 19.4 Å². The highest BCUT2D eigenvalue weighted by molar-refractivity contribution is 9.10. The largest absolute Gasteiger partial charge is 0.325 e. The van der Waals surface area contributed by atoms with Gasteiger partial charge in [0, 0.05) is 16.6 Å². The Hall–Kier alpha value is -1.47. The number of benzene rings is 1. The summed E-state index contributed by atoms with van der Waals surface area (Å²) in [5, 5.41) is 13.5. The minimum atomic E-state index is -0.462. The van der Waals surface area contributed by atoms with Crippen molar-refractivity contribution in [1.29, 1.82) is 0 Å². The molecule has 1 amide bonds. The number of nitro groups is 1. The molecule has 1 aliphatic rings. The molecule has 0 aliphatic carbocycles. The first-order valence-corrected chi connectivity index (χ1v) is 7.85. The SMILES string of the molecule is C[C@@H]1CCCC[NH+]1CC(=O)Nc1ccc([N+](=O)[O-])cc1Br. The van der Waals surface area contributed by atoms with Gasteiger partial charge < -0.3 is 10.2 Å². The van der Waals surface area contributed by atoms with Gasteiger partial charge in [0.15, 0.2) is 6.54 Å². The highest BCUT2D eigenvalue weighted by Crippen LogP contribution is 2.26. The Labute approximate surface area is 131 Å². The molecule has 7 heteroatoms. The van der Waals surface area contributed by atoms with E-state index < -0.39 is 4.92 Å². The summed E-state index contributed by atoms with van der Waals surface area (Å²) in [5.41, 5.74) is 0.560. The summed E-state index contributed by atoms with van der Waals surface area (Å²) in [6.07, 6.45) is 3.55. The van der Waals surface area contributed by atoms with Crippen LogP contribution < -0.4 is 10.2 Å². The fourth-order valence-corrected chi connectivity index (χ4v) is 3.10. The van der Waals surface area contributed by atoms with Crippen molar-refractivity contribution in [1.82, 2.24) is 0 Å². The molecule has 2 rings (SSSR count). The van der Waals surface area contributed by atoms with Crippen LogP contribution in [0.5, 0.6) is 0 Å². The van der Waals surface area contributed by atoms with Gasteiger partial charge in [-0.3, -0.25) is 14.9 Å². The zero-order valence-electron chi connectivity index (χ0n) is 11.9. The molecule has 114 valence electrons. The number of nitrogens with one attached hydrogen (secondary N) is 2. The Kier molecular flexibility index (Phi) is 5.30. The van der Waals surface area contributed by atoms with E-state index in [9.17, 15) is 14.9 Å². The number of nitro benzene ring substituents is 1. The first-order valence-electron chi connectivity index (χ1n) is 7.05. The van der Waals surface area contributed by atoms with Gasteiger partial charge in [0.2, 0.25) is 0 Å². The molecule has 21 heavy (non-hydrogen) atoms. The van der Waals surface area contributed by atoms with Gasteiger partial charge in [-0.2, -0.15) is 0 Å². The molecular weight excluding hydrogens is 338 g/mol. The van der Waals surface area contributed by atoms with Crippen LogP contribution in [0.1, 0.15) is 26.2 Å². The third-order valence-electron chi connectivity index (χ3n) is 3.91. The smallest absolute Gasteiger partial charge is 0.279 e. The van der Waals surface area contributed by atoms with E-state index in [2.05, 4.69) is 28.2 Å². The minimum absolute atomic E-state index is 0.00449. The number of non-ortho nitro benzene ring substituents is 1. The highest BCUT2D eigenvalue weighted by atomic mass is 79.9. The lowest BCUT2D eigenvalue weighted by molar-refractivity contribution is -0.920. The average Bonchev–Trinajstić information content (AvgIpc) is 2.43.